The number of fused-ring (bicyclic) bond motifs is 2. The summed E-state index contributed by atoms with van der Waals surface area (Å²) in [6, 6.07) is 3.91. The molecule has 0 saturated carbocycles. The number of carbonyl (C=O) groups is 2. The Morgan fingerprint density at radius 1 is 0.923 bits per heavy atom. The smallest absolute Gasteiger partial charge is 0.744 e. The fourth-order valence-corrected chi connectivity index (χ4v) is 3.20. The molecule has 0 saturated heterocycles. The maximum absolute atomic E-state index is 12.6. The third-order valence-corrected chi connectivity index (χ3v) is 4.46. The van der Waals surface area contributed by atoms with Gasteiger partial charge in [-0.25, -0.2) is 8.42 Å². The molecule has 2 aromatic carbocycles. The first-order valence-corrected chi connectivity index (χ1v) is 7.70. The number of hydrogen-bond acceptors (Lipinski definition) is 9. The van der Waals surface area contributed by atoms with Crippen molar-refractivity contribution in [1.29, 1.82) is 0 Å². The van der Waals surface area contributed by atoms with E-state index >= 15 is 0 Å². The summed E-state index contributed by atoms with van der Waals surface area (Å²) in [5.74, 6) is -3.84. The van der Waals surface area contributed by atoms with Crippen LogP contribution in [0.1, 0.15) is 31.8 Å². The summed E-state index contributed by atoms with van der Waals surface area (Å²) in [6.07, 6.45) is 0. The first-order chi connectivity index (χ1) is 11.1. The van der Waals surface area contributed by atoms with E-state index in [-0.39, 0.29) is 64.8 Å². The van der Waals surface area contributed by atoms with Gasteiger partial charge in [0, 0.05) is 17.0 Å². The largest absolute Gasteiger partial charge is 1.00 e. The van der Waals surface area contributed by atoms with Crippen LogP contribution < -0.4 is 70.6 Å². The summed E-state index contributed by atoms with van der Waals surface area (Å²) in [7, 11) is -5.16. The summed E-state index contributed by atoms with van der Waals surface area (Å²) in [4.78, 5) is 24.0. The number of phenols is 2. The molecule has 6 N–H and O–H groups in total. The predicted molar refractivity (Wildman–Crippen MR) is 78.7 cm³/mol. The van der Waals surface area contributed by atoms with E-state index in [4.69, 9.17) is 11.5 Å². The SMILES string of the molecule is Nc1c[c-]c(O)c2c1C(=O)c1c(O)c(S(=O)(=O)[O-])cc(N)c1C2=O.[Na+].[Na+]. The second-order valence-electron chi connectivity index (χ2n) is 5.02. The van der Waals surface area contributed by atoms with Gasteiger partial charge in [0.05, 0.1) is 10.5 Å². The minimum atomic E-state index is -5.16. The van der Waals surface area contributed by atoms with Crippen molar-refractivity contribution in [3.63, 3.8) is 0 Å². The predicted octanol–water partition coefficient (Wildman–Crippen LogP) is -6.25. The van der Waals surface area contributed by atoms with E-state index in [0.717, 1.165) is 6.07 Å². The van der Waals surface area contributed by atoms with E-state index in [2.05, 4.69) is 6.07 Å². The van der Waals surface area contributed by atoms with Gasteiger partial charge in [-0.1, -0.05) is 11.3 Å². The summed E-state index contributed by atoms with van der Waals surface area (Å²) in [6.45, 7) is 0. The molecular weight excluding hydrogens is 386 g/mol. The van der Waals surface area contributed by atoms with Gasteiger partial charge in [0.15, 0.2) is 5.78 Å². The molecule has 0 heterocycles. The monoisotopic (exact) mass is 394 g/mol. The Labute approximate surface area is 191 Å². The van der Waals surface area contributed by atoms with E-state index in [1.165, 1.54) is 0 Å². The molecule has 0 radical (unpaired) electrons. The molecule has 0 amide bonds. The van der Waals surface area contributed by atoms with Crippen LogP contribution in [0.5, 0.6) is 11.5 Å². The van der Waals surface area contributed by atoms with Crippen LogP contribution >= 0.6 is 0 Å². The third-order valence-electron chi connectivity index (χ3n) is 3.61. The normalized spacial score (nSPS) is 12.5. The summed E-state index contributed by atoms with van der Waals surface area (Å²) >= 11 is 0. The number of benzene rings is 2. The quantitative estimate of drug-likeness (QED) is 0.102. The zero-order valence-electron chi connectivity index (χ0n) is 13.7. The van der Waals surface area contributed by atoms with Crippen molar-refractivity contribution in [3.8, 4) is 11.5 Å². The van der Waals surface area contributed by atoms with Gasteiger partial charge in [0.2, 0.25) is 0 Å². The molecule has 1 aliphatic carbocycles. The van der Waals surface area contributed by atoms with Crippen molar-refractivity contribution in [2.24, 2.45) is 0 Å². The fraction of sp³-hybridized carbons (Fsp3) is 0. The van der Waals surface area contributed by atoms with Gasteiger partial charge in [-0.05, 0) is 11.6 Å². The number of nitrogens with two attached hydrogens (primary N) is 2. The molecule has 0 spiro atoms. The first-order valence-electron chi connectivity index (χ1n) is 6.29. The number of nitrogen functional groups attached to an aromatic ring is 2. The van der Waals surface area contributed by atoms with E-state index in [9.17, 15) is 32.8 Å². The van der Waals surface area contributed by atoms with E-state index < -0.39 is 66.0 Å². The Kier molecular flexibility index (Phi) is 6.60. The molecule has 9 nitrogen and oxygen atoms in total. The minimum absolute atomic E-state index is 0. The Hall–Kier alpha value is -1.11. The molecule has 124 valence electrons. The van der Waals surface area contributed by atoms with Crippen LogP contribution in [0, 0.1) is 6.07 Å². The van der Waals surface area contributed by atoms with Gasteiger partial charge in [0.1, 0.15) is 21.7 Å². The van der Waals surface area contributed by atoms with Gasteiger partial charge in [-0.2, -0.15) is 6.07 Å². The van der Waals surface area contributed by atoms with Crippen molar-refractivity contribution >= 4 is 33.1 Å². The van der Waals surface area contributed by atoms with Crippen molar-refractivity contribution in [1.82, 2.24) is 0 Å². The van der Waals surface area contributed by atoms with Crippen LogP contribution in [0.25, 0.3) is 0 Å². The van der Waals surface area contributed by atoms with E-state index in [1.807, 2.05) is 0 Å². The zero-order chi connectivity index (χ0) is 18.0. The average molecular weight is 394 g/mol. The number of anilines is 2. The maximum atomic E-state index is 12.6. The zero-order valence-corrected chi connectivity index (χ0v) is 18.5. The summed E-state index contributed by atoms with van der Waals surface area (Å²) in [5.41, 5.74) is 8.32. The van der Waals surface area contributed by atoms with Crippen LogP contribution in [-0.4, -0.2) is 34.8 Å². The maximum Gasteiger partial charge on any atom is 1.00 e. The molecule has 3 rings (SSSR count). The number of rotatable bonds is 1. The van der Waals surface area contributed by atoms with Crippen LogP contribution in [0.3, 0.4) is 0 Å². The van der Waals surface area contributed by atoms with Crippen LogP contribution in [0.2, 0.25) is 0 Å². The standard InChI is InChI=1S/C14H9N2O7S.2Na/c15-4-1-2-6(17)10-8(4)14(20)11-9(13(10)19)5(16)3-7(12(11)18)24(21,22)23;;/h1,3,17-18H,15-16H2,(H,21,22,23);;/q-1;2*+1/p-1. The third kappa shape index (κ3) is 3.27. The number of carbonyl (C=O) groups excluding carboxylic acids is 2. The second kappa shape index (κ2) is 7.49. The van der Waals surface area contributed by atoms with Gasteiger partial charge >= 0.3 is 59.1 Å². The molecule has 2 aromatic rings. The number of hydrogen-bond donors (Lipinski definition) is 4. The number of aromatic hydroxyl groups is 2. The topological polar surface area (TPSA) is 184 Å². The van der Waals surface area contributed by atoms with E-state index in [1.54, 1.807) is 0 Å². The van der Waals surface area contributed by atoms with Gasteiger partial charge in [0.25, 0.3) is 0 Å². The molecule has 0 atom stereocenters. The Bertz CT molecular complexity index is 1070. The molecule has 0 fully saturated rings. The molecule has 26 heavy (non-hydrogen) atoms. The Balaban J connectivity index is 0.00000169. The number of ketones is 2. The minimum Gasteiger partial charge on any atom is -0.744 e. The first kappa shape index (κ1) is 22.9. The Morgan fingerprint density at radius 3 is 1.96 bits per heavy atom. The molecule has 12 heteroatoms. The van der Waals surface area contributed by atoms with Crippen LogP contribution in [-0.2, 0) is 10.1 Å². The van der Waals surface area contributed by atoms with Crippen molar-refractivity contribution < 1.29 is 91.9 Å². The van der Waals surface area contributed by atoms with Gasteiger partial charge in [-0.15, -0.1) is 6.07 Å². The van der Waals surface area contributed by atoms with Crippen LogP contribution in [0.15, 0.2) is 17.0 Å². The summed E-state index contributed by atoms with van der Waals surface area (Å²) < 4.78 is 33.6. The average Bonchev–Trinajstić information content (AvgIpc) is 2.47. The molecule has 0 aliphatic heterocycles. The molecule has 0 aromatic heterocycles. The summed E-state index contributed by atoms with van der Waals surface area (Å²) in [5, 5.41) is 19.9. The van der Waals surface area contributed by atoms with E-state index in [0.29, 0.717) is 6.07 Å². The molecule has 0 unspecified atom stereocenters. The molecule has 0 bridgehead atoms. The van der Waals surface area contributed by atoms with Crippen molar-refractivity contribution in [2.75, 3.05) is 11.5 Å². The second-order valence-corrected chi connectivity index (χ2v) is 6.37. The van der Waals surface area contributed by atoms with Crippen molar-refractivity contribution in [2.45, 2.75) is 4.90 Å². The molecule has 1 aliphatic rings. The fourth-order valence-electron chi connectivity index (χ4n) is 2.59. The van der Waals surface area contributed by atoms with Gasteiger partial charge in [-0.3, -0.25) is 4.79 Å². The van der Waals surface area contributed by atoms with Crippen molar-refractivity contribution in [3.05, 3.63) is 40.5 Å². The molecular formula is C14H8N2Na2O7S. The van der Waals surface area contributed by atoms with Gasteiger partial charge < -0.3 is 31.0 Å². The Morgan fingerprint density at radius 2 is 1.42 bits per heavy atom. The number of phenolic OH excluding ortho intramolecular Hbond substituents is 2. The van der Waals surface area contributed by atoms with Crippen LogP contribution in [0.4, 0.5) is 11.4 Å².